The molecule has 0 aliphatic carbocycles. The molecule has 7 nitrogen and oxygen atoms in total. The highest BCUT2D eigenvalue weighted by Gasteiger charge is 2.25. The summed E-state index contributed by atoms with van der Waals surface area (Å²) < 4.78 is 7.66. The second kappa shape index (κ2) is 6.37. The molecule has 4 heterocycles. The molecule has 1 saturated heterocycles. The van der Waals surface area contributed by atoms with Crippen molar-refractivity contribution in [2.45, 2.75) is 6.29 Å². The Morgan fingerprint density at radius 2 is 2.00 bits per heavy atom. The zero-order valence-electron chi connectivity index (χ0n) is 15.1. The highest BCUT2D eigenvalue weighted by molar-refractivity contribution is 5.86. The average molecular weight is 363 g/mol. The molecule has 5 rings (SSSR count). The Morgan fingerprint density at radius 3 is 2.81 bits per heavy atom. The largest absolute Gasteiger partial charge is 0.460 e. The number of ether oxygens (including phenoxy) is 1. The molecule has 3 aromatic rings. The van der Waals surface area contributed by atoms with Crippen molar-refractivity contribution in [2.75, 3.05) is 38.1 Å². The van der Waals surface area contributed by atoms with Crippen molar-refractivity contribution in [3.8, 4) is 5.75 Å². The number of hydrogen-bond acceptors (Lipinski definition) is 6. The summed E-state index contributed by atoms with van der Waals surface area (Å²) in [6, 6.07) is 8.01. The summed E-state index contributed by atoms with van der Waals surface area (Å²) in [7, 11) is 2.14. The molecule has 1 fully saturated rings. The summed E-state index contributed by atoms with van der Waals surface area (Å²) in [5, 5.41) is 10.6. The van der Waals surface area contributed by atoms with Crippen LogP contribution in [0.4, 0.5) is 5.69 Å². The topological polar surface area (TPSA) is 66.1 Å². The van der Waals surface area contributed by atoms with Crippen LogP contribution < -0.4 is 9.64 Å². The fourth-order valence-electron chi connectivity index (χ4n) is 3.61. The van der Waals surface area contributed by atoms with E-state index in [-0.39, 0.29) is 0 Å². The molecule has 1 unspecified atom stereocenters. The molecule has 2 aromatic heterocycles. The number of rotatable bonds is 2. The van der Waals surface area contributed by atoms with Crippen LogP contribution in [0.15, 0.2) is 43.0 Å². The maximum atomic E-state index is 10.6. The normalized spacial score (nSPS) is 20.3. The van der Waals surface area contributed by atoms with Gasteiger partial charge < -0.3 is 19.6 Å². The number of imidazole rings is 1. The van der Waals surface area contributed by atoms with Crippen LogP contribution in [0.2, 0.25) is 0 Å². The van der Waals surface area contributed by atoms with Crippen molar-refractivity contribution in [1.82, 2.24) is 19.3 Å². The Hall–Kier alpha value is -2.90. The quantitative estimate of drug-likeness (QED) is 0.748. The minimum atomic E-state index is -1.04. The minimum Gasteiger partial charge on any atom is -0.460 e. The van der Waals surface area contributed by atoms with Gasteiger partial charge in [-0.05, 0) is 31.3 Å². The van der Waals surface area contributed by atoms with Crippen molar-refractivity contribution in [3.05, 3.63) is 54.2 Å². The number of likely N-dealkylation sites (N-methyl/N-ethyl adjacent to an activating group) is 1. The molecule has 138 valence electrons. The summed E-state index contributed by atoms with van der Waals surface area (Å²) in [6.07, 6.45) is 6.15. The van der Waals surface area contributed by atoms with E-state index in [1.807, 2.05) is 34.9 Å². The molecular weight excluding hydrogens is 342 g/mol. The number of benzene rings is 1. The van der Waals surface area contributed by atoms with Crippen LogP contribution >= 0.6 is 0 Å². The standard InChI is InChI=1S/C20H21N5O2/c1-23-6-8-24(9-7-23)15-3-2-14-10-16(20(26)27-18(14)11-15)17-12-25-13-21-5-4-19(25)22-17/h2-5,10-13,20,26H,6-9H2,1H3. The molecule has 1 atom stereocenters. The predicted octanol–water partition coefficient (Wildman–Crippen LogP) is 1.73. The third kappa shape index (κ3) is 2.94. The van der Waals surface area contributed by atoms with E-state index < -0.39 is 6.29 Å². The first kappa shape index (κ1) is 16.3. The van der Waals surface area contributed by atoms with Gasteiger partial charge in [-0.15, -0.1) is 0 Å². The molecule has 1 aromatic carbocycles. The van der Waals surface area contributed by atoms with E-state index in [9.17, 15) is 5.11 Å². The Morgan fingerprint density at radius 1 is 1.15 bits per heavy atom. The van der Waals surface area contributed by atoms with Crippen molar-refractivity contribution in [2.24, 2.45) is 0 Å². The van der Waals surface area contributed by atoms with Crippen molar-refractivity contribution in [1.29, 1.82) is 0 Å². The fourth-order valence-corrected chi connectivity index (χ4v) is 3.61. The number of aromatic nitrogens is 3. The van der Waals surface area contributed by atoms with Crippen LogP contribution in [0.25, 0.3) is 17.3 Å². The van der Waals surface area contributed by atoms with Gasteiger partial charge in [0.25, 0.3) is 0 Å². The van der Waals surface area contributed by atoms with Gasteiger partial charge in [-0.2, -0.15) is 0 Å². The number of anilines is 1. The van der Waals surface area contributed by atoms with Gasteiger partial charge in [0.1, 0.15) is 17.7 Å². The van der Waals surface area contributed by atoms with E-state index in [1.54, 1.807) is 12.5 Å². The van der Waals surface area contributed by atoms with Gasteiger partial charge in [0, 0.05) is 61.5 Å². The number of fused-ring (bicyclic) bond motifs is 2. The van der Waals surface area contributed by atoms with Gasteiger partial charge in [-0.1, -0.05) is 0 Å². The van der Waals surface area contributed by atoms with Gasteiger partial charge in [0.05, 0.1) is 5.69 Å². The van der Waals surface area contributed by atoms with Crippen LogP contribution in [-0.2, 0) is 0 Å². The first-order valence-electron chi connectivity index (χ1n) is 9.10. The Kier molecular flexibility index (Phi) is 3.84. The number of nitrogens with zero attached hydrogens (tertiary/aromatic N) is 5. The van der Waals surface area contributed by atoms with E-state index in [0.29, 0.717) is 17.0 Å². The van der Waals surface area contributed by atoms with Gasteiger partial charge >= 0.3 is 0 Å². The number of aliphatic hydroxyl groups excluding tert-OH is 1. The van der Waals surface area contributed by atoms with Gasteiger partial charge in [0.2, 0.25) is 6.29 Å². The molecule has 0 bridgehead atoms. The molecule has 0 saturated carbocycles. The Balaban J connectivity index is 1.47. The van der Waals surface area contributed by atoms with Crippen LogP contribution in [0.1, 0.15) is 11.3 Å². The average Bonchev–Trinajstić information content (AvgIpc) is 3.11. The first-order chi connectivity index (χ1) is 13.2. The zero-order chi connectivity index (χ0) is 18.4. The molecule has 1 N–H and O–H groups in total. The van der Waals surface area contributed by atoms with Gasteiger partial charge in [-0.25, -0.2) is 9.97 Å². The lowest BCUT2D eigenvalue weighted by molar-refractivity contribution is 0.0318. The molecule has 27 heavy (non-hydrogen) atoms. The highest BCUT2D eigenvalue weighted by atomic mass is 16.6. The highest BCUT2D eigenvalue weighted by Crippen LogP contribution is 2.36. The number of aliphatic hydroxyl groups is 1. The third-order valence-electron chi connectivity index (χ3n) is 5.24. The van der Waals surface area contributed by atoms with Crippen LogP contribution in [-0.4, -0.2) is 63.9 Å². The number of hydrogen-bond donors (Lipinski definition) is 1. The van der Waals surface area contributed by atoms with Crippen LogP contribution in [0.5, 0.6) is 5.75 Å². The van der Waals surface area contributed by atoms with Gasteiger partial charge in [0.15, 0.2) is 0 Å². The summed E-state index contributed by atoms with van der Waals surface area (Å²) in [5.41, 5.74) is 4.19. The van der Waals surface area contributed by atoms with E-state index in [2.05, 4.69) is 32.9 Å². The molecule has 0 radical (unpaired) electrons. The number of piperazine rings is 1. The SMILES string of the molecule is CN1CCN(c2ccc3c(c2)OC(O)C(c2cn4cnccc4n2)=C3)CC1. The summed E-state index contributed by atoms with van der Waals surface area (Å²) >= 11 is 0. The molecular formula is C20H21N5O2. The predicted molar refractivity (Wildman–Crippen MR) is 104 cm³/mol. The lowest BCUT2D eigenvalue weighted by Crippen LogP contribution is -2.44. The summed E-state index contributed by atoms with van der Waals surface area (Å²) in [5.74, 6) is 0.702. The minimum absolute atomic E-state index is 0.651. The second-order valence-corrected chi connectivity index (χ2v) is 7.05. The monoisotopic (exact) mass is 363 g/mol. The van der Waals surface area contributed by atoms with Crippen molar-refractivity contribution >= 4 is 23.0 Å². The fraction of sp³-hybridized carbons (Fsp3) is 0.300. The molecule has 2 aliphatic rings. The Labute approximate surface area is 157 Å². The maximum absolute atomic E-state index is 10.6. The van der Waals surface area contributed by atoms with E-state index in [4.69, 9.17) is 4.74 Å². The molecule has 0 amide bonds. The van der Waals surface area contributed by atoms with Crippen molar-refractivity contribution < 1.29 is 9.84 Å². The van der Waals surface area contributed by atoms with E-state index in [0.717, 1.165) is 43.1 Å². The van der Waals surface area contributed by atoms with E-state index in [1.165, 1.54) is 0 Å². The molecule has 0 spiro atoms. The van der Waals surface area contributed by atoms with Crippen LogP contribution in [0, 0.1) is 0 Å². The zero-order valence-corrected chi connectivity index (χ0v) is 15.1. The molecule has 2 aliphatic heterocycles. The molecule has 7 heteroatoms. The summed E-state index contributed by atoms with van der Waals surface area (Å²) in [4.78, 5) is 13.3. The van der Waals surface area contributed by atoms with Crippen LogP contribution in [0.3, 0.4) is 0 Å². The third-order valence-corrected chi connectivity index (χ3v) is 5.24. The Bertz CT molecular complexity index is 987. The van der Waals surface area contributed by atoms with Gasteiger partial charge in [-0.3, -0.25) is 4.40 Å². The van der Waals surface area contributed by atoms with E-state index >= 15 is 0 Å². The lowest BCUT2D eigenvalue weighted by atomic mass is 10.0. The first-order valence-corrected chi connectivity index (χ1v) is 9.10. The maximum Gasteiger partial charge on any atom is 0.226 e. The van der Waals surface area contributed by atoms with Crippen molar-refractivity contribution in [3.63, 3.8) is 0 Å². The lowest BCUT2D eigenvalue weighted by Gasteiger charge is -2.34. The summed E-state index contributed by atoms with van der Waals surface area (Å²) in [6.45, 7) is 4.09. The smallest absolute Gasteiger partial charge is 0.226 e. The second-order valence-electron chi connectivity index (χ2n) is 7.05.